The highest BCUT2D eigenvalue weighted by molar-refractivity contribution is 5.77. The highest BCUT2D eigenvalue weighted by atomic mass is 16.5. The minimum atomic E-state index is -0.0882. The molecule has 1 N–H and O–H groups in total. The highest BCUT2D eigenvalue weighted by Gasteiger charge is 2.44. The SMILES string of the molecule is CCC1(C)CN(C(=O)CCO)CC1c1ccc(C)c(OC2Cc3ccccc3C2)c1. The molecule has 0 spiro atoms. The van der Waals surface area contributed by atoms with E-state index in [0.717, 1.165) is 37.1 Å². The summed E-state index contributed by atoms with van der Waals surface area (Å²) in [6.07, 6.45) is 3.30. The molecule has 4 heteroatoms. The summed E-state index contributed by atoms with van der Waals surface area (Å²) >= 11 is 0. The van der Waals surface area contributed by atoms with E-state index >= 15 is 0 Å². The number of ether oxygens (including phenoxy) is 1. The van der Waals surface area contributed by atoms with E-state index in [1.165, 1.54) is 16.7 Å². The van der Waals surface area contributed by atoms with Crippen LogP contribution >= 0.6 is 0 Å². The maximum absolute atomic E-state index is 12.4. The first-order valence-corrected chi connectivity index (χ1v) is 11.2. The van der Waals surface area contributed by atoms with Gasteiger partial charge >= 0.3 is 0 Å². The molecule has 2 atom stereocenters. The number of likely N-dealkylation sites (tertiary alicyclic amines) is 1. The zero-order chi connectivity index (χ0) is 21.3. The van der Waals surface area contributed by atoms with E-state index in [9.17, 15) is 9.90 Å². The van der Waals surface area contributed by atoms with Gasteiger partial charge in [0, 0.05) is 38.3 Å². The molecular weight excluding hydrogens is 374 g/mol. The second kappa shape index (κ2) is 8.43. The first-order chi connectivity index (χ1) is 14.4. The van der Waals surface area contributed by atoms with Gasteiger partial charge in [0.05, 0.1) is 6.61 Å². The third kappa shape index (κ3) is 3.98. The van der Waals surface area contributed by atoms with Gasteiger partial charge in [-0.15, -0.1) is 0 Å². The van der Waals surface area contributed by atoms with Gasteiger partial charge < -0.3 is 14.7 Å². The molecule has 1 fully saturated rings. The summed E-state index contributed by atoms with van der Waals surface area (Å²) in [5.74, 6) is 1.28. The number of aliphatic hydroxyl groups excluding tert-OH is 1. The summed E-state index contributed by atoms with van der Waals surface area (Å²) in [6, 6.07) is 15.2. The Morgan fingerprint density at radius 1 is 1.20 bits per heavy atom. The fraction of sp³-hybridized carbons (Fsp3) is 0.500. The molecule has 2 aromatic rings. The van der Waals surface area contributed by atoms with Crippen LogP contribution in [0.2, 0.25) is 0 Å². The van der Waals surface area contributed by atoms with E-state index in [1.807, 2.05) is 4.90 Å². The molecule has 1 amide bonds. The number of benzene rings is 2. The summed E-state index contributed by atoms with van der Waals surface area (Å²) in [4.78, 5) is 14.4. The van der Waals surface area contributed by atoms with Crippen LogP contribution in [0.5, 0.6) is 5.75 Å². The Kier molecular flexibility index (Phi) is 5.88. The number of hydrogen-bond acceptors (Lipinski definition) is 3. The molecule has 1 saturated heterocycles. The fourth-order valence-electron chi connectivity index (χ4n) is 5.10. The largest absolute Gasteiger partial charge is 0.489 e. The number of nitrogens with zero attached hydrogens (tertiary/aromatic N) is 1. The molecule has 0 radical (unpaired) electrons. The van der Waals surface area contributed by atoms with Crippen molar-refractivity contribution in [2.75, 3.05) is 19.7 Å². The first-order valence-electron chi connectivity index (χ1n) is 11.2. The van der Waals surface area contributed by atoms with Crippen LogP contribution in [0.3, 0.4) is 0 Å². The van der Waals surface area contributed by atoms with Gasteiger partial charge in [-0.3, -0.25) is 4.79 Å². The molecule has 30 heavy (non-hydrogen) atoms. The maximum Gasteiger partial charge on any atom is 0.224 e. The molecule has 1 aliphatic carbocycles. The second-order valence-electron chi connectivity index (χ2n) is 9.25. The second-order valence-corrected chi connectivity index (χ2v) is 9.25. The van der Waals surface area contributed by atoms with Crippen molar-refractivity contribution >= 4 is 5.91 Å². The fourth-order valence-corrected chi connectivity index (χ4v) is 5.10. The topological polar surface area (TPSA) is 49.8 Å². The summed E-state index contributed by atoms with van der Waals surface area (Å²) in [6.45, 7) is 7.95. The van der Waals surface area contributed by atoms with E-state index in [-0.39, 0.29) is 36.4 Å². The van der Waals surface area contributed by atoms with Crippen LogP contribution in [-0.2, 0) is 17.6 Å². The van der Waals surface area contributed by atoms with Crippen LogP contribution in [0.15, 0.2) is 42.5 Å². The molecule has 1 heterocycles. The zero-order valence-corrected chi connectivity index (χ0v) is 18.4. The number of fused-ring (bicyclic) bond motifs is 1. The van der Waals surface area contributed by atoms with Crippen molar-refractivity contribution < 1.29 is 14.6 Å². The van der Waals surface area contributed by atoms with Crippen LogP contribution in [0, 0.1) is 12.3 Å². The van der Waals surface area contributed by atoms with E-state index in [4.69, 9.17) is 4.74 Å². The van der Waals surface area contributed by atoms with Crippen LogP contribution in [0.1, 0.15) is 54.9 Å². The minimum absolute atomic E-state index is 0.0290. The predicted molar refractivity (Wildman–Crippen MR) is 119 cm³/mol. The lowest BCUT2D eigenvalue weighted by Crippen LogP contribution is -2.31. The molecule has 2 aliphatic rings. The molecule has 160 valence electrons. The average molecular weight is 408 g/mol. The standard InChI is InChI=1S/C26H33NO3/c1-4-26(3)17-27(25(29)11-12-28)16-23(26)21-10-9-18(2)24(15-21)30-22-13-19-7-5-6-8-20(19)14-22/h5-10,15,22-23,28H,4,11-14,16-17H2,1-3H3. The van der Waals surface area contributed by atoms with E-state index < -0.39 is 0 Å². The minimum Gasteiger partial charge on any atom is -0.489 e. The third-order valence-electron chi connectivity index (χ3n) is 7.20. The van der Waals surface area contributed by atoms with Crippen LogP contribution in [0.4, 0.5) is 0 Å². The molecule has 0 saturated carbocycles. The molecule has 2 aromatic carbocycles. The van der Waals surface area contributed by atoms with Gasteiger partial charge in [0.2, 0.25) is 5.91 Å². The lowest BCUT2D eigenvalue weighted by molar-refractivity contribution is -0.131. The summed E-state index contributed by atoms with van der Waals surface area (Å²) in [5.41, 5.74) is 5.21. The van der Waals surface area contributed by atoms with Crippen molar-refractivity contribution in [2.24, 2.45) is 5.41 Å². The molecule has 0 aromatic heterocycles. The highest BCUT2D eigenvalue weighted by Crippen LogP contribution is 2.46. The Labute approximate surface area is 179 Å². The number of aryl methyl sites for hydroxylation is 1. The lowest BCUT2D eigenvalue weighted by Gasteiger charge is -2.30. The zero-order valence-electron chi connectivity index (χ0n) is 18.4. The number of aliphatic hydroxyl groups is 1. The van der Waals surface area contributed by atoms with Crippen molar-refractivity contribution in [3.63, 3.8) is 0 Å². The third-order valence-corrected chi connectivity index (χ3v) is 7.20. The van der Waals surface area contributed by atoms with Crippen molar-refractivity contribution in [3.05, 3.63) is 64.7 Å². The summed E-state index contributed by atoms with van der Waals surface area (Å²) in [7, 11) is 0. The number of rotatable bonds is 6. The quantitative estimate of drug-likeness (QED) is 0.778. The summed E-state index contributed by atoms with van der Waals surface area (Å²) in [5, 5.41) is 9.17. The van der Waals surface area contributed by atoms with E-state index in [0.29, 0.717) is 6.54 Å². The van der Waals surface area contributed by atoms with Crippen molar-refractivity contribution in [1.29, 1.82) is 0 Å². The molecule has 0 bridgehead atoms. The Balaban J connectivity index is 1.54. The Bertz CT molecular complexity index is 899. The molecule has 4 nitrogen and oxygen atoms in total. The van der Waals surface area contributed by atoms with Gasteiger partial charge in [-0.25, -0.2) is 0 Å². The Morgan fingerprint density at radius 2 is 1.90 bits per heavy atom. The van der Waals surface area contributed by atoms with Gasteiger partial charge in [-0.05, 0) is 47.1 Å². The Hall–Kier alpha value is -2.33. The molecule has 1 aliphatic heterocycles. The number of hydrogen-bond donors (Lipinski definition) is 1. The average Bonchev–Trinajstić information content (AvgIpc) is 3.31. The lowest BCUT2D eigenvalue weighted by atomic mass is 9.74. The maximum atomic E-state index is 12.4. The number of amides is 1. The van der Waals surface area contributed by atoms with Crippen molar-refractivity contribution in [2.45, 2.75) is 58.5 Å². The monoisotopic (exact) mass is 407 g/mol. The van der Waals surface area contributed by atoms with Gasteiger partial charge in [-0.2, -0.15) is 0 Å². The van der Waals surface area contributed by atoms with Gasteiger partial charge in [-0.1, -0.05) is 50.2 Å². The van der Waals surface area contributed by atoms with Gasteiger partial charge in [0.1, 0.15) is 11.9 Å². The van der Waals surface area contributed by atoms with Crippen molar-refractivity contribution in [3.8, 4) is 5.75 Å². The van der Waals surface area contributed by atoms with Gasteiger partial charge in [0.15, 0.2) is 0 Å². The van der Waals surface area contributed by atoms with Gasteiger partial charge in [0.25, 0.3) is 0 Å². The van der Waals surface area contributed by atoms with E-state index in [1.54, 1.807) is 0 Å². The normalized spacial score (nSPS) is 23.6. The molecule has 4 rings (SSSR count). The predicted octanol–water partition coefficient (Wildman–Crippen LogP) is 4.27. The summed E-state index contributed by atoms with van der Waals surface area (Å²) < 4.78 is 6.49. The number of carbonyl (C=O) groups excluding carboxylic acids is 1. The van der Waals surface area contributed by atoms with Crippen LogP contribution < -0.4 is 4.74 Å². The Morgan fingerprint density at radius 3 is 2.53 bits per heavy atom. The smallest absolute Gasteiger partial charge is 0.224 e. The molecule has 2 unspecified atom stereocenters. The van der Waals surface area contributed by atoms with Crippen molar-refractivity contribution in [1.82, 2.24) is 4.90 Å². The molecular formula is C26H33NO3. The van der Waals surface area contributed by atoms with Crippen LogP contribution in [0.25, 0.3) is 0 Å². The van der Waals surface area contributed by atoms with E-state index in [2.05, 4.69) is 63.2 Å². The van der Waals surface area contributed by atoms with Crippen LogP contribution in [-0.4, -0.2) is 41.7 Å². The number of carbonyl (C=O) groups is 1. The first kappa shape index (κ1) is 20.9.